The average Bonchev–Trinajstić information content (AvgIpc) is 2.28. The van der Waals surface area contributed by atoms with E-state index in [1.807, 2.05) is 0 Å². The van der Waals surface area contributed by atoms with E-state index in [0.29, 0.717) is 12.1 Å². The third-order valence-electron chi connectivity index (χ3n) is 2.99. The molecule has 5 heteroatoms. The van der Waals surface area contributed by atoms with Crippen LogP contribution < -0.4 is 10.6 Å². The van der Waals surface area contributed by atoms with Crippen LogP contribution in [0.5, 0.6) is 0 Å². The maximum absolute atomic E-state index is 13.2. The normalized spacial score (nSPS) is 24.2. The molecule has 1 atom stereocenters. The zero-order valence-corrected chi connectivity index (χ0v) is 9.63. The van der Waals surface area contributed by atoms with E-state index in [4.69, 9.17) is 0 Å². The van der Waals surface area contributed by atoms with Crippen molar-refractivity contribution in [3.05, 3.63) is 35.1 Å². The topological polar surface area (TPSA) is 58.2 Å². The van der Waals surface area contributed by atoms with E-state index >= 15 is 0 Å². The zero-order chi connectivity index (χ0) is 12.6. The van der Waals surface area contributed by atoms with Gasteiger partial charge in [0.1, 0.15) is 5.82 Å². The van der Waals surface area contributed by atoms with Gasteiger partial charge in [-0.05, 0) is 31.0 Å². The van der Waals surface area contributed by atoms with E-state index in [1.54, 1.807) is 26.0 Å². The van der Waals surface area contributed by atoms with Gasteiger partial charge in [0.25, 0.3) is 0 Å². The number of hydrogen-bond acceptors (Lipinski definition) is 2. The number of halogens is 1. The third-order valence-corrected chi connectivity index (χ3v) is 2.99. The number of aryl methyl sites for hydroxylation is 1. The van der Waals surface area contributed by atoms with Crippen LogP contribution in [0.15, 0.2) is 18.2 Å². The highest BCUT2D eigenvalue weighted by Gasteiger charge is 2.36. The number of benzene rings is 1. The second-order valence-electron chi connectivity index (χ2n) is 4.43. The summed E-state index contributed by atoms with van der Waals surface area (Å²) < 4.78 is 13.2. The lowest BCUT2D eigenvalue weighted by Gasteiger charge is -2.35. The molecule has 0 spiro atoms. The van der Waals surface area contributed by atoms with Gasteiger partial charge in [0.2, 0.25) is 0 Å². The predicted octanol–water partition coefficient (Wildman–Crippen LogP) is 0.595. The smallest absolute Gasteiger partial charge is 0.310 e. The van der Waals surface area contributed by atoms with E-state index in [0.717, 1.165) is 5.56 Å². The highest BCUT2D eigenvalue weighted by atomic mass is 19.1. The van der Waals surface area contributed by atoms with Crippen molar-refractivity contribution in [2.75, 3.05) is 6.54 Å². The molecule has 0 bridgehead atoms. The lowest BCUT2D eigenvalue weighted by Crippen LogP contribution is -2.60. The van der Waals surface area contributed by atoms with Crippen LogP contribution in [0.1, 0.15) is 18.1 Å². The number of carbonyl (C=O) groups is 2. The molecule has 1 aromatic rings. The third kappa shape index (κ3) is 2.00. The molecule has 0 radical (unpaired) electrons. The van der Waals surface area contributed by atoms with Gasteiger partial charge in [-0.25, -0.2) is 4.39 Å². The van der Waals surface area contributed by atoms with E-state index in [2.05, 4.69) is 10.6 Å². The minimum absolute atomic E-state index is 0.288. The Labute approximate surface area is 98.2 Å². The first-order valence-corrected chi connectivity index (χ1v) is 5.29. The summed E-state index contributed by atoms with van der Waals surface area (Å²) in [5, 5.41) is 5.14. The Morgan fingerprint density at radius 1 is 1.29 bits per heavy atom. The standard InChI is InChI=1S/C12H13FN2O2/c1-7-5-8(3-4-9(7)13)12(2)6-14-10(16)11(17)15-12/h3-5H,6H2,1-2H3,(H,14,16)(H,15,17). The van der Waals surface area contributed by atoms with Crippen LogP contribution in [0.25, 0.3) is 0 Å². The Hall–Kier alpha value is -1.91. The minimum Gasteiger partial charge on any atom is -0.345 e. The second kappa shape index (κ2) is 3.84. The first-order valence-electron chi connectivity index (χ1n) is 5.29. The molecule has 1 saturated heterocycles. The van der Waals surface area contributed by atoms with Crippen LogP contribution >= 0.6 is 0 Å². The Morgan fingerprint density at radius 3 is 2.59 bits per heavy atom. The highest BCUT2D eigenvalue weighted by Crippen LogP contribution is 2.23. The summed E-state index contributed by atoms with van der Waals surface area (Å²) in [6, 6.07) is 4.64. The summed E-state index contributed by atoms with van der Waals surface area (Å²) in [6.07, 6.45) is 0. The number of nitrogens with one attached hydrogen (secondary N) is 2. The summed E-state index contributed by atoms with van der Waals surface area (Å²) in [7, 11) is 0. The van der Waals surface area contributed by atoms with Gasteiger partial charge in [0.15, 0.2) is 0 Å². The van der Waals surface area contributed by atoms with Crippen LogP contribution in [0.2, 0.25) is 0 Å². The highest BCUT2D eigenvalue weighted by molar-refractivity contribution is 6.35. The summed E-state index contributed by atoms with van der Waals surface area (Å²) in [4.78, 5) is 22.4. The van der Waals surface area contributed by atoms with Crippen molar-refractivity contribution in [1.29, 1.82) is 0 Å². The van der Waals surface area contributed by atoms with Crippen LogP contribution in [0.4, 0.5) is 4.39 Å². The molecule has 1 aromatic carbocycles. The molecular weight excluding hydrogens is 223 g/mol. The van der Waals surface area contributed by atoms with Gasteiger partial charge in [-0.15, -0.1) is 0 Å². The maximum Gasteiger partial charge on any atom is 0.310 e. The Kier molecular flexibility index (Phi) is 2.61. The average molecular weight is 236 g/mol. The molecule has 2 N–H and O–H groups in total. The Bertz CT molecular complexity index is 501. The monoisotopic (exact) mass is 236 g/mol. The second-order valence-corrected chi connectivity index (χ2v) is 4.43. The fourth-order valence-corrected chi connectivity index (χ4v) is 1.85. The number of amides is 2. The molecule has 0 aromatic heterocycles. The molecule has 2 amide bonds. The summed E-state index contributed by atoms with van der Waals surface area (Å²) in [5.41, 5.74) is 0.586. The van der Waals surface area contributed by atoms with Crippen LogP contribution in [0, 0.1) is 12.7 Å². The first-order chi connectivity index (χ1) is 7.92. The van der Waals surface area contributed by atoms with Gasteiger partial charge in [0, 0.05) is 6.54 Å². The van der Waals surface area contributed by atoms with Gasteiger partial charge in [-0.2, -0.15) is 0 Å². The lowest BCUT2D eigenvalue weighted by molar-refractivity contribution is -0.142. The first kappa shape index (κ1) is 11.6. The number of piperazine rings is 1. The van der Waals surface area contributed by atoms with Crippen molar-refractivity contribution < 1.29 is 14.0 Å². The Morgan fingerprint density at radius 2 is 2.00 bits per heavy atom. The molecule has 0 aliphatic carbocycles. The van der Waals surface area contributed by atoms with Gasteiger partial charge in [0.05, 0.1) is 5.54 Å². The molecule has 0 saturated carbocycles. The molecule has 4 nitrogen and oxygen atoms in total. The minimum atomic E-state index is -0.691. The van der Waals surface area contributed by atoms with E-state index < -0.39 is 17.4 Å². The van der Waals surface area contributed by atoms with Crippen LogP contribution in [0.3, 0.4) is 0 Å². The van der Waals surface area contributed by atoms with Gasteiger partial charge in [-0.3, -0.25) is 9.59 Å². The van der Waals surface area contributed by atoms with Crippen molar-refractivity contribution in [1.82, 2.24) is 10.6 Å². The Balaban J connectivity index is 2.35. The van der Waals surface area contributed by atoms with Gasteiger partial charge in [-0.1, -0.05) is 12.1 Å². The number of rotatable bonds is 1. The van der Waals surface area contributed by atoms with E-state index in [1.165, 1.54) is 6.07 Å². The maximum atomic E-state index is 13.2. The lowest BCUT2D eigenvalue weighted by atomic mass is 9.89. The molecular formula is C12H13FN2O2. The molecule has 1 aliphatic heterocycles. The van der Waals surface area contributed by atoms with Crippen LogP contribution in [-0.4, -0.2) is 18.4 Å². The molecule has 1 aliphatic rings. The van der Waals surface area contributed by atoms with Gasteiger partial charge >= 0.3 is 11.8 Å². The van der Waals surface area contributed by atoms with Gasteiger partial charge < -0.3 is 10.6 Å². The summed E-state index contributed by atoms with van der Waals surface area (Å²) >= 11 is 0. The molecule has 1 heterocycles. The van der Waals surface area contributed by atoms with E-state index in [9.17, 15) is 14.0 Å². The fraction of sp³-hybridized carbons (Fsp3) is 0.333. The molecule has 1 fully saturated rings. The van der Waals surface area contributed by atoms with Crippen molar-refractivity contribution in [2.24, 2.45) is 0 Å². The quantitative estimate of drug-likeness (QED) is 0.701. The largest absolute Gasteiger partial charge is 0.345 e. The fourth-order valence-electron chi connectivity index (χ4n) is 1.85. The predicted molar refractivity (Wildman–Crippen MR) is 59.6 cm³/mol. The summed E-state index contributed by atoms with van der Waals surface area (Å²) in [5.74, 6) is -1.59. The molecule has 1 unspecified atom stereocenters. The van der Waals surface area contributed by atoms with Crippen molar-refractivity contribution in [3.63, 3.8) is 0 Å². The van der Waals surface area contributed by atoms with Crippen molar-refractivity contribution in [2.45, 2.75) is 19.4 Å². The van der Waals surface area contributed by atoms with E-state index in [-0.39, 0.29) is 5.82 Å². The van der Waals surface area contributed by atoms with Crippen molar-refractivity contribution in [3.8, 4) is 0 Å². The molecule has 17 heavy (non-hydrogen) atoms. The summed E-state index contributed by atoms with van der Waals surface area (Å²) in [6.45, 7) is 3.74. The molecule has 90 valence electrons. The number of hydrogen-bond donors (Lipinski definition) is 2. The number of carbonyl (C=O) groups excluding carboxylic acids is 2. The zero-order valence-electron chi connectivity index (χ0n) is 9.63. The SMILES string of the molecule is Cc1cc(C2(C)CNC(=O)C(=O)N2)ccc1F. The van der Waals surface area contributed by atoms with Crippen LogP contribution in [-0.2, 0) is 15.1 Å². The van der Waals surface area contributed by atoms with Crippen molar-refractivity contribution >= 4 is 11.8 Å². The molecule has 2 rings (SSSR count).